The van der Waals surface area contributed by atoms with Crippen molar-refractivity contribution in [1.82, 2.24) is 0 Å². The lowest BCUT2D eigenvalue weighted by atomic mass is 9.99. The maximum Gasteiger partial charge on any atom is 0.229 e. The first-order valence-corrected chi connectivity index (χ1v) is 9.36. The molecule has 1 fully saturated rings. The topological polar surface area (TPSA) is 170 Å². The zero-order chi connectivity index (χ0) is 22.3. The highest BCUT2D eigenvalue weighted by atomic mass is 16.7. The molecule has 0 bridgehead atoms. The van der Waals surface area contributed by atoms with Crippen molar-refractivity contribution in [2.24, 2.45) is 0 Å². The molecule has 1 aliphatic heterocycles. The molecule has 2 aromatic carbocycles. The van der Waals surface area contributed by atoms with Crippen molar-refractivity contribution in [3.05, 3.63) is 52.7 Å². The minimum absolute atomic E-state index is 0.130. The Morgan fingerprint density at radius 3 is 2.39 bits per heavy atom. The number of fused-ring (bicyclic) bond motifs is 1. The number of aliphatic hydroxyl groups is 4. The van der Waals surface area contributed by atoms with Crippen LogP contribution in [0.4, 0.5) is 0 Å². The van der Waals surface area contributed by atoms with Gasteiger partial charge in [-0.15, -0.1) is 0 Å². The van der Waals surface area contributed by atoms with Crippen LogP contribution in [0, 0.1) is 0 Å². The molecule has 1 saturated heterocycles. The highest BCUT2D eigenvalue weighted by Crippen LogP contribution is 2.32. The first kappa shape index (κ1) is 21.1. The van der Waals surface area contributed by atoms with Gasteiger partial charge in [-0.05, 0) is 30.3 Å². The minimum atomic E-state index is -1.59. The third-order valence-corrected chi connectivity index (χ3v) is 5.06. The third-order valence-electron chi connectivity index (χ3n) is 5.06. The number of aromatic hydroxyl groups is 2. The van der Waals surface area contributed by atoms with Gasteiger partial charge >= 0.3 is 0 Å². The van der Waals surface area contributed by atoms with E-state index in [1.165, 1.54) is 42.5 Å². The van der Waals surface area contributed by atoms with E-state index in [4.69, 9.17) is 13.9 Å². The Morgan fingerprint density at radius 1 is 0.903 bits per heavy atom. The highest BCUT2D eigenvalue weighted by molar-refractivity contribution is 5.80. The van der Waals surface area contributed by atoms with Gasteiger partial charge in [0.15, 0.2) is 16.9 Å². The molecular formula is C21H20O10. The molecule has 0 aliphatic carbocycles. The molecule has 1 aliphatic rings. The van der Waals surface area contributed by atoms with E-state index in [9.17, 15) is 35.4 Å². The molecule has 31 heavy (non-hydrogen) atoms. The first-order chi connectivity index (χ1) is 14.8. The molecule has 1 aromatic heterocycles. The summed E-state index contributed by atoms with van der Waals surface area (Å²) < 4.78 is 16.6. The Bertz CT molecular complexity index is 1150. The van der Waals surface area contributed by atoms with Crippen LogP contribution in [0.3, 0.4) is 0 Å². The van der Waals surface area contributed by atoms with E-state index in [1.54, 1.807) is 0 Å². The summed E-state index contributed by atoms with van der Waals surface area (Å²) in [6, 6.07) is 9.47. The maximum absolute atomic E-state index is 12.5. The number of ether oxygens (including phenoxy) is 2. The highest BCUT2D eigenvalue weighted by Gasteiger charge is 2.44. The van der Waals surface area contributed by atoms with Crippen LogP contribution < -0.4 is 10.2 Å². The maximum atomic E-state index is 12.5. The van der Waals surface area contributed by atoms with Crippen molar-refractivity contribution in [1.29, 1.82) is 0 Å². The Kier molecular flexibility index (Phi) is 5.56. The van der Waals surface area contributed by atoms with Crippen LogP contribution in [0.2, 0.25) is 0 Å². The largest absolute Gasteiger partial charge is 0.504 e. The van der Waals surface area contributed by atoms with Gasteiger partial charge in [-0.25, -0.2) is 0 Å². The van der Waals surface area contributed by atoms with E-state index >= 15 is 0 Å². The van der Waals surface area contributed by atoms with Gasteiger partial charge in [0.05, 0.1) is 12.0 Å². The van der Waals surface area contributed by atoms with Crippen LogP contribution in [-0.4, -0.2) is 68.0 Å². The van der Waals surface area contributed by atoms with E-state index in [0.29, 0.717) is 5.56 Å². The second kappa shape index (κ2) is 8.17. The lowest BCUT2D eigenvalue weighted by Crippen LogP contribution is -2.60. The fraction of sp³-hybridized carbons (Fsp3) is 0.286. The average Bonchev–Trinajstić information content (AvgIpc) is 2.75. The van der Waals surface area contributed by atoms with Crippen LogP contribution >= 0.6 is 0 Å². The van der Waals surface area contributed by atoms with Gasteiger partial charge in [-0.2, -0.15) is 0 Å². The van der Waals surface area contributed by atoms with Crippen LogP contribution in [0.5, 0.6) is 17.2 Å². The van der Waals surface area contributed by atoms with Crippen molar-refractivity contribution in [3.8, 4) is 28.6 Å². The second-order valence-corrected chi connectivity index (χ2v) is 7.15. The summed E-state index contributed by atoms with van der Waals surface area (Å²) in [5, 5.41) is 58.5. The van der Waals surface area contributed by atoms with Crippen molar-refractivity contribution in [2.45, 2.75) is 30.7 Å². The van der Waals surface area contributed by atoms with E-state index in [0.717, 1.165) is 0 Å². The van der Waals surface area contributed by atoms with Gasteiger partial charge in [0.25, 0.3) is 0 Å². The Balaban J connectivity index is 1.67. The van der Waals surface area contributed by atoms with Gasteiger partial charge in [0.2, 0.25) is 6.29 Å². The molecule has 6 N–H and O–H groups in total. The lowest BCUT2D eigenvalue weighted by molar-refractivity contribution is -0.277. The lowest BCUT2D eigenvalue weighted by Gasteiger charge is -2.39. The molecule has 0 unspecified atom stereocenters. The number of phenols is 2. The van der Waals surface area contributed by atoms with Gasteiger partial charge < -0.3 is 44.5 Å². The number of hydrogen-bond donors (Lipinski definition) is 6. The predicted molar refractivity (Wildman–Crippen MR) is 106 cm³/mol. The summed E-state index contributed by atoms with van der Waals surface area (Å²) >= 11 is 0. The summed E-state index contributed by atoms with van der Waals surface area (Å²) in [6.45, 7) is -0.597. The monoisotopic (exact) mass is 432 g/mol. The zero-order valence-corrected chi connectivity index (χ0v) is 16.0. The van der Waals surface area contributed by atoms with Crippen LogP contribution in [0.15, 0.2) is 51.7 Å². The van der Waals surface area contributed by atoms with Crippen molar-refractivity contribution in [2.75, 3.05) is 6.61 Å². The van der Waals surface area contributed by atoms with Crippen LogP contribution in [-0.2, 0) is 4.74 Å². The van der Waals surface area contributed by atoms with Gasteiger partial charge in [-0.1, -0.05) is 0 Å². The molecule has 10 nitrogen and oxygen atoms in total. The number of hydrogen-bond acceptors (Lipinski definition) is 10. The first-order valence-electron chi connectivity index (χ1n) is 9.36. The summed E-state index contributed by atoms with van der Waals surface area (Å²) in [5.41, 5.74) is 0.134. The normalized spacial score (nSPS) is 26.1. The third kappa shape index (κ3) is 3.94. The molecule has 0 saturated carbocycles. The number of phenolic OH excluding ortho intramolecular Hbond substituents is 2. The smallest absolute Gasteiger partial charge is 0.229 e. The van der Waals surface area contributed by atoms with Crippen LogP contribution in [0.25, 0.3) is 22.3 Å². The molecule has 0 radical (unpaired) electrons. The summed E-state index contributed by atoms with van der Waals surface area (Å²) in [4.78, 5) is 12.5. The predicted octanol–water partition coefficient (Wildman–Crippen LogP) is 0.0499. The molecule has 10 heteroatoms. The van der Waals surface area contributed by atoms with Gasteiger partial charge in [0.1, 0.15) is 41.5 Å². The van der Waals surface area contributed by atoms with E-state index < -0.39 is 37.3 Å². The minimum Gasteiger partial charge on any atom is -0.504 e. The van der Waals surface area contributed by atoms with Crippen molar-refractivity contribution < 1.29 is 44.5 Å². The van der Waals surface area contributed by atoms with Crippen LogP contribution in [0.1, 0.15) is 0 Å². The second-order valence-electron chi connectivity index (χ2n) is 7.15. The number of aliphatic hydroxyl groups excluding tert-OH is 4. The zero-order valence-electron chi connectivity index (χ0n) is 16.0. The molecule has 2 heterocycles. The van der Waals surface area contributed by atoms with Crippen molar-refractivity contribution in [3.63, 3.8) is 0 Å². The van der Waals surface area contributed by atoms with E-state index in [1.807, 2.05) is 0 Å². The Morgan fingerprint density at radius 2 is 1.68 bits per heavy atom. The summed E-state index contributed by atoms with van der Waals surface area (Å²) in [7, 11) is 0. The SMILES string of the molecule is O=c1cc(-c2ccc(O)c(O)c2)oc2cc(O[C@@H]3O[C@H](CO)[C@H](O)[C@H](O)[C@@H]3O)ccc12. The van der Waals surface area contributed by atoms with E-state index in [-0.39, 0.29) is 39.4 Å². The number of benzene rings is 2. The summed E-state index contributed by atoms with van der Waals surface area (Å²) in [5.74, 6) is -0.425. The molecule has 0 spiro atoms. The molecule has 5 atom stereocenters. The average molecular weight is 432 g/mol. The molecule has 3 aromatic rings. The van der Waals surface area contributed by atoms with Gasteiger partial charge in [-0.3, -0.25) is 4.79 Å². The fourth-order valence-electron chi connectivity index (χ4n) is 3.33. The number of rotatable bonds is 4. The molecule has 0 amide bonds. The van der Waals surface area contributed by atoms with Crippen molar-refractivity contribution >= 4 is 11.0 Å². The Hall–Kier alpha value is -3.15. The standard InChI is InChI=1S/C21H20O10/c22-8-17-18(26)19(27)20(28)21(31-17)29-10-2-3-11-13(24)7-15(30-16(11)6-10)9-1-4-12(23)14(25)5-9/h1-7,17-23,25-28H,8H2/t17-,18+,19+,20+,21-/m1/s1. The quantitative estimate of drug-likeness (QED) is 0.310. The Labute approximate surface area is 174 Å². The van der Waals surface area contributed by atoms with Gasteiger partial charge in [0, 0.05) is 17.7 Å². The fourth-order valence-corrected chi connectivity index (χ4v) is 3.33. The summed E-state index contributed by atoms with van der Waals surface area (Å²) in [6.07, 6.45) is -7.22. The molecular weight excluding hydrogens is 412 g/mol. The van der Waals surface area contributed by atoms with E-state index in [2.05, 4.69) is 0 Å². The molecule has 4 rings (SSSR count). The molecule has 164 valence electrons.